The molecule has 0 aliphatic carbocycles. The Bertz CT molecular complexity index is 976. The molecule has 2 amide bonds. The molecule has 1 aromatic heterocycles. The van der Waals surface area contributed by atoms with Gasteiger partial charge in [-0.3, -0.25) is 9.59 Å². The largest absolute Gasteiger partial charge is 0.352 e. The molecule has 0 saturated heterocycles. The maximum atomic E-state index is 12.1. The molecule has 3 aromatic rings. The highest BCUT2D eigenvalue weighted by molar-refractivity contribution is 7.15. The van der Waals surface area contributed by atoms with Crippen LogP contribution < -0.4 is 10.6 Å². The van der Waals surface area contributed by atoms with Gasteiger partial charge in [-0.15, -0.1) is 10.2 Å². The number of nitrogens with one attached hydrogen (secondary N) is 2. The van der Waals surface area contributed by atoms with Gasteiger partial charge >= 0.3 is 0 Å². The molecule has 2 N–H and O–H groups in total. The summed E-state index contributed by atoms with van der Waals surface area (Å²) in [7, 11) is 0. The number of benzene rings is 2. The number of nitrogens with zero attached hydrogens (tertiary/aromatic N) is 2. The molecule has 144 valence electrons. The lowest BCUT2D eigenvalue weighted by atomic mass is 10.1. The lowest BCUT2D eigenvalue weighted by Crippen LogP contribution is -2.25. The summed E-state index contributed by atoms with van der Waals surface area (Å²) >= 11 is 13.1. The van der Waals surface area contributed by atoms with E-state index in [-0.39, 0.29) is 18.2 Å². The predicted molar refractivity (Wildman–Crippen MR) is 111 cm³/mol. The topological polar surface area (TPSA) is 84.0 Å². The smallest absolute Gasteiger partial charge is 0.252 e. The van der Waals surface area contributed by atoms with Gasteiger partial charge in [-0.1, -0.05) is 58.8 Å². The summed E-state index contributed by atoms with van der Waals surface area (Å²) in [6, 6.07) is 13.9. The lowest BCUT2D eigenvalue weighted by molar-refractivity contribution is -0.115. The second-order valence-electron chi connectivity index (χ2n) is 5.84. The van der Waals surface area contributed by atoms with E-state index < -0.39 is 0 Å². The number of hydrogen-bond acceptors (Lipinski definition) is 5. The third-order valence-corrected chi connectivity index (χ3v) is 5.21. The van der Waals surface area contributed by atoms with E-state index in [1.54, 1.807) is 48.5 Å². The standard InChI is InChI=1S/C19H16Cl2N4O2S/c20-13-7-5-12(6-8-13)11-16(26)23-19-25-24-17(28-19)9-10-22-18(27)14-3-1-2-4-15(14)21/h1-8H,9-11H2,(H,22,27)(H,23,25,26). The van der Waals surface area contributed by atoms with Crippen LogP contribution in [-0.4, -0.2) is 28.6 Å². The summed E-state index contributed by atoms with van der Waals surface area (Å²) in [5.41, 5.74) is 1.28. The Balaban J connectivity index is 1.46. The molecular formula is C19H16Cl2N4O2S. The molecule has 0 unspecified atom stereocenters. The SMILES string of the molecule is O=C(Cc1ccc(Cl)cc1)Nc1nnc(CCNC(=O)c2ccccc2Cl)s1. The van der Waals surface area contributed by atoms with E-state index in [2.05, 4.69) is 20.8 Å². The van der Waals surface area contributed by atoms with Crippen LogP contribution in [0.1, 0.15) is 20.9 Å². The zero-order chi connectivity index (χ0) is 19.9. The lowest BCUT2D eigenvalue weighted by Gasteiger charge is -2.05. The summed E-state index contributed by atoms with van der Waals surface area (Å²) in [5.74, 6) is -0.427. The van der Waals surface area contributed by atoms with Gasteiger partial charge in [-0.2, -0.15) is 0 Å². The van der Waals surface area contributed by atoms with Gasteiger partial charge in [0.05, 0.1) is 17.0 Å². The number of hydrogen-bond donors (Lipinski definition) is 2. The second kappa shape index (κ2) is 9.64. The van der Waals surface area contributed by atoms with E-state index in [1.165, 1.54) is 11.3 Å². The van der Waals surface area contributed by atoms with E-state index >= 15 is 0 Å². The zero-order valence-corrected chi connectivity index (χ0v) is 16.9. The van der Waals surface area contributed by atoms with Crippen molar-refractivity contribution in [3.8, 4) is 0 Å². The monoisotopic (exact) mass is 434 g/mol. The Hall–Kier alpha value is -2.48. The van der Waals surface area contributed by atoms with Gasteiger partial charge in [0.2, 0.25) is 11.0 Å². The van der Waals surface area contributed by atoms with Crippen LogP contribution in [0.15, 0.2) is 48.5 Å². The normalized spacial score (nSPS) is 10.5. The van der Waals surface area contributed by atoms with Crippen molar-refractivity contribution in [1.82, 2.24) is 15.5 Å². The molecule has 0 spiro atoms. The molecule has 0 saturated carbocycles. The van der Waals surface area contributed by atoms with Gasteiger partial charge in [0.25, 0.3) is 5.91 Å². The third-order valence-electron chi connectivity index (χ3n) is 3.73. The van der Waals surface area contributed by atoms with Crippen molar-refractivity contribution in [1.29, 1.82) is 0 Å². The van der Waals surface area contributed by atoms with E-state index in [9.17, 15) is 9.59 Å². The highest BCUT2D eigenvalue weighted by Gasteiger charge is 2.11. The summed E-state index contributed by atoms with van der Waals surface area (Å²) in [6.45, 7) is 0.386. The second-order valence-corrected chi connectivity index (χ2v) is 7.74. The molecule has 2 aromatic carbocycles. The predicted octanol–water partition coefficient (Wildman–Crippen LogP) is 4.00. The average molecular weight is 435 g/mol. The van der Waals surface area contributed by atoms with E-state index in [0.29, 0.717) is 38.7 Å². The van der Waals surface area contributed by atoms with Crippen LogP contribution in [0.4, 0.5) is 5.13 Å². The first kappa shape index (κ1) is 20.3. The molecule has 0 atom stereocenters. The Kier molecular flexibility index (Phi) is 6.97. The van der Waals surface area contributed by atoms with E-state index in [0.717, 1.165) is 5.56 Å². The molecule has 0 aliphatic rings. The summed E-state index contributed by atoms with van der Waals surface area (Å²) in [6.07, 6.45) is 0.723. The number of anilines is 1. The van der Waals surface area contributed by atoms with Crippen LogP contribution in [0.3, 0.4) is 0 Å². The van der Waals surface area contributed by atoms with Crippen molar-refractivity contribution in [2.75, 3.05) is 11.9 Å². The Morgan fingerprint density at radius 3 is 2.50 bits per heavy atom. The van der Waals surface area contributed by atoms with Crippen molar-refractivity contribution in [2.24, 2.45) is 0 Å². The molecule has 0 fully saturated rings. The van der Waals surface area contributed by atoms with Crippen LogP contribution in [0.5, 0.6) is 0 Å². The number of rotatable bonds is 7. The first-order valence-corrected chi connectivity index (χ1v) is 9.98. The molecule has 6 nitrogen and oxygen atoms in total. The minimum Gasteiger partial charge on any atom is -0.352 e. The van der Waals surface area contributed by atoms with Crippen LogP contribution >= 0.6 is 34.5 Å². The fraction of sp³-hybridized carbons (Fsp3) is 0.158. The van der Waals surface area contributed by atoms with Gasteiger partial charge in [-0.05, 0) is 29.8 Å². The first-order chi connectivity index (χ1) is 13.5. The quantitative estimate of drug-likeness (QED) is 0.588. The zero-order valence-electron chi connectivity index (χ0n) is 14.6. The molecule has 0 aliphatic heterocycles. The number of amides is 2. The van der Waals surface area contributed by atoms with Crippen LogP contribution in [0, 0.1) is 0 Å². The Morgan fingerprint density at radius 1 is 1.00 bits per heavy atom. The number of halogens is 2. The maximum Gasteiger partial charge on any atom is 0.252 e. The van der Waals surface area contributed by atoms with Crippen molar-refractivity contribution in [3.63, 3.8) is 0 Å². The van der Waals surface area contributed by atoms with Crippen molar-refractivity contribution < 1.29 is 9.59 Å². The van der Waals surface area contributed by atoms with Gasteiger partial charge in [0, 0.05) is 18.0 Å². The number of aromatic nitrogens is 2. The van der Waals surface area contributed by atoms with Gasteiger partial charge in [0.1, 0.15) is 5.01 Å². The minimum atomic E-state index is -0.244. The van der Waals surface area contributed by atoms with Crippen molar-refractivity contribution in [2.45, 2.75) is 12.8 Å². The summed E-state index contributed by atoms with van der Waals surface area (Å²) in [4.78, 5) is 24.2. The van der Waals surface area contributed by atoms with Crippen molar-refractivity contribution in [3.05, 3.63) is 74.7 Å². The molecule has 9 heteroatoms. The Labute approximate surface area is 175 Å². The minimum absolute atomic E-state index is 0.183. The molecule has 1 heterocycles. The molecule has 0 radical (unpaired) electrons. The van der Waals surface area contributed by atoms with Gasteiger partial charge < -0.3 is 10.6 Å². The molecular weight excluding hydrogens is 419 g/mol. The van der Waals surface area contributed by atoms with E-state index in [1.807, 2.05) is 0 Å². The van der Waals surface area contributed by atoms with Crippen LogP contribution in [0.2, 0.25) is 10.0 Å². The average Bonchev–Trinajstić information content (AvgIpc) is 3.11. The van der Waals surface area contributed by atoms with Crippen molar-refractivity contribution >= 4 is 51.5 Å². The molecule has 0 bridgehead atoms. The summed E-state index contributed by atoms with van der Waals surface area (Å²) in [5, 5.41) is 15.7. The number of carbonyl (C=O) groups excluding carboxylic acids is 2. The van der Waals surface area contributed by atoms with Crippen LogP contribution in [-0.2, 0) is 17.6 Å². The third kappa shape index (κ3) is 5.76. The number of carbonyl (C=O) groups is 2. The highest BCUT2D eigenvalue weighted by atomic mass is 35.5. The maximum absolute atomic E-state index is 12.1. The first-order valence-electron chi connectivity index (χ1n) is 8.40. The molecule has 3 rings (SSSR count). The Morgan fingerprint density at radius 2 is 1.75 bits per heavy atom. The fourth-order valence-corrected chi connectivity index (χ4v) is 3.48. The molecule has 28 heavy (non-hydrogen) atoms. The van der Waals surface area contributed by atoms with Gasteiger partial charge in [0.15, 0.2) is 0 Å². The highest BCUT2D eigenvalue weighted by Crippen LogP contribution is 2.17. The van der Waals surface area contributed by atoms with E-state index in [4.69, 9.17) is 23.2 Å². The summed E-state index contributed by atoms with van der Waals surface area (Å²) < 4.78 is 0. The van der Waals surface area contributed by atoms with Crippen LogP contribution in [0.25, 0.3) is 0 Å². The fourth-order valence-electron chi connectivity index (χ4n) is 2.38. The van der Waals surface area contributed by atoms with Gasteiger partial charge in [-0.25, -0.2) is 0 Å².